The van der Waals surface area contributed by atoms with Gasteiger partial charge in [0.2, 0.25) is 0 Å². The van der Waals surface area contributed by atoms with Gasteiger partial charge in [0.25, 0.3) is 0 Å². The van der Waals surface area contributed by atoms with E-state index in [2.05, 4.69) is 4.98 Å². The largest absolute Gasteiger partial charge is 0.417 e. The molecule has 18 heavy (non-hydrogen) atoms. The normalized spacial score (nSPS) is 12.6. The van der Waals surface area contributed by atoms with E-state index >= 15 is 0 Å². The molecule has 2 aromatic rings. The molecule has 2 aromatic heterocycles. The van der Waals surface area contributed by atoms with E-state index in [0.29, 0.717) is 11.3 Å². The number of hydrogen-bond donors (Lipinski definition) is 1. The summed E-state index contributed by atoms with van der Waals surface area (Å²) < 4.78 is 39.1. The third-order valence-corrected chi connectivity index (χ3v) is 2.43. The molecule has 2 heterocycles. The summed E-state index contributed by atoms with van der Waals surface area (Å²) in [6.07, 6.45) is -1.84. The summed E-state index contributed by atoms with van der Waals surface area (Å²) >= 11 is 0. The average Bonchev–Trinajstić information content (AvgIpc) is 2.57. The number of nitrogens with two attached hydrogens (primary N) is 1. The maximum absolute atomic E-state index is 12.6. The minimum atomic E-state index is -4.37. The van der Waals surface area contributed by atoms with Crippen LogP contribution in [0, 0.1) is 0 Å². The molecule has 2 N–H and O–H groups in total. The zero-order valence-corrected chi connectivity index (χ0v) is 10.6. The molecule has 0 aliphatic carbocycles. The number of pyridine rings is 1. The zero-order chi connectivity index (χ0) is 12.8. The molecule has 0 saturated carbocycles. The molecule has 0 radical (unpaired) electrons. The summed E-state index contributed by atoms with van der Waals surface area (Å²) in [6.45, 7) is 3.39. The predicted molar refractivity (Wildman–Crippen MR) is 64.7 cm³/mol. The van der Waals surface area contributed by atoms with Crippen molar-refractivity contribution < 1.29 is 13.2 Å². The molecular formula is C11H13ClF3N3. The second-order valence-electron chi connectivity index (χ2n) is 4.51. The number of aromatic nitrogens is 2. The molecule has 3 nitrogen and oxygen atoms in total. The fourth-order valence-electron chi connectivity index (χ4n) is 1.63. The van der Waals surface area contributed by atoms with Crippen LogP contribution in [0.4, 0.5) is 13.2 Å². The number of fused-ring (bicyclic) bond motifs is 1. The zero-order valence-electron chi connectivity index (χ0n) is 9.82. The molecule has 0 saturated heterocycles. The van der Waals surface area contributed by atoms with Crippen molar-refractivity contribution in [3.05, 3.63) is 35.9 Å². The lowest BCUT2D eigenvalue weighted by molar-refractivity contribution is -0.137. The first-order chi connectivity index (χ1) is 7.69. The van der Waals surface area contributed by atoms with Gasteiger partial charge in [0.1, 0.15) is 5.82 Å². The summed E-state index contributed by atoms with van der Waals surface area (Å²) in [5, 5.41) is 0. The number of alkyl halides is 3. The number of nitrogens with zero attached hydrogens (tertiary/aromatic N) is 2. The van der Waals surface area contributed by atoms with Crippen LogP contribution in [0.1, 0.15) is 25.2 Å². The number of halogens is 4. The highest BCUT2D eigenvalue weighted by molar-refractivity contribution is 5.85. The Morgan fingerprint density at radius 2 is 1.83 bits per heavy atom. The summed E-state index contributed by atoms with van der Waals surface area (Å²) in [5.74, 6) is 0.401. The van der Waals surface area contributed by atoms with Gasteiger partial charge in [-0.05, 0) is 26.0 Å². The van der Waals surface area contributed by atoms with Crippen molar-refractivity contribution in [1.82, 2.24) is 9.38 Å². The van der Waals surface area contributed by atoms with Crippen molar-refractivity contribution in [3.63, 3.8) is 0 Å². The minimum Gasteiger partial charge on any atom is -0.319 e. The molecule has 0 bridgehead atoms. The van der Waals surface area contributed by atoms with Crippen LogP contribution < -0.4 is 5.73 Å². The fraction of sp³-hybridized carbons (Fsp3) is 0.364. The third-order valence-electron chi connectivity index (χ3n) is 2.43. The second kappa shape index (κ2) is 4.44. The Morgan fingerprint density at radius 1 is 1.22 bits per heavy atom. The summed E-state index contributed by atoms with van der Waals surface area (Å²) in [7, 11) is 0. The van der Waals surface area contributed by atoms with Crippen molar-refractivity contribution in [3.8, 4) is 0 Å². The monoisotopic (exact) mass is 279 g/mol. The first-order valence-electron chi connectivity index (χ1n) is 5.03. The quantitative estimate of drug-likeness (QED) is 0.872. The van der Waals surface area contributed by atoms with Crippen LogP contribution in [0.3, 0.4) is 0 Å². The molecule has 7 heteroatoms. The van der Waals surface area contributed by atoms with Gasteiger partial charge in [-0.25, -0.2) is 4.98 Å². The summed E-state index contributed by atoms with van der Waals surface area (Å²) in [6, 6.07) is 2.41. The Morgan fingerprint density at radius 3 is 2.33 bits per heavy atom. The third kappa shape index (κ3) is 2.59. The van der Waals surface area contributed by atoms with E-state index in [1.807, 2.05) is 0 Å². The van der Waals surface area contributed by atoms with Gasteiger partial charge in [0.05, 0.1) is 22.8 Å². The first kappa shape index (κ1) is 14.8. The molecule has 0 unspecified atom stereocenters. The molecule has 0 aromatic carbocycles. The molecule has 0 spiro atoms. The van der Waals surface area contributed by atoms with Crippen LogP contribution in [0.25, 0.3) is 5.52 Å². The lowest BCUT2D eigenvalue weighted by Crippen LogP contribution is -2.31. The molecule has 100 valence electrons. The van der Waals surface area contributed by atoms with Crippen LogP contribution in [0.5, 0.6) is 0 Å². The lowest BCUT2D eigenvalue weighted by Gasteiger charge is -2.17. The SMILES string of the molecule is CC(C)(N)c1ncc2ccc(C(F)(F)F)cn12.Cl. The fourth-order valence-corrected chi connectivity index (χ4v) is 1.63. The summed E-state index contributed by atoms with van der Waals surface area (Å²) in [5.41, 5.74) is 4.94. The van der Waals surface area contributed by atoms with Gasteiger partial charge >= 0.3 is 6.18 Å². The van der Waals surface area contributed by atoms with E-state index in [1.165, 1.54) is 16.7 Å². The van der Waals surface area contributed by atoms with Crippen LogP contribution in [0.15, 0.2) is 24.5 Å². The number of imidazole rings is 1. The standard InChI is InChI=1S/C11H12F3N3.ClH/c1-10(2,15)9-16-5-8-4-3-7(6-17(8)9)11(12,13)14;/h3-6H,15H2,1-2H3;1H. The first-order valence-corrected chi connectivity index (χ1v) is 5.03. The molecule has 0 fully saturated rings. The topological polar surface area (TPSA) is 43.3 Å². The Kier molecular flexibility index (Phi) is 3.65. The van der Waals surface area contributed by atoms with E-state index in [9.17, 15) is 13.2 Å². The van der Waals surface area contributed by atoms with Gasteiger partial charge in [0.15, 0.2) is 0 Å². The second-order valence-corrected chi connectivity index (χ2v) is 4.51. The number of hydrogen-bond acceptors (Lipinski definition) is 2. The van der Waals surface area contributed by atoms with Gasteiger partial charge in [-0.3, -0.25) is 0 Å². The average molecular weight is 280 g/mol. The molecule has 0 aliphatic heterocycles. The van der Waals surface area contributed by atoms with Gasteiger partial charge in [-0.2, -0.15) is 13.2 Å². The van der Waals surface area contributed by atoms with Crippen molar-refractivity contribution in [2.75, 3.05) is 0 Å². The maximum Gasteiger partial charge on any atom is 0.417 e. The molecule has 0 atom stereocenters. The van der Waals surface area contributed by atoms with Crippen LogP contribution in [-0.4, -0.2) is 9.38 Å². The maximum atomic E-state index is 12.6. The Hall–Kier alpha value is -1.27. The van der Waals surface area contributed by atoms with Crippen molar-refractivity contribution in [2.45, 2.75) is 25.6 Å². The lowest BCUT2D eigenvalue weighted by atomic mass is 10.1. The van der Waals surface area contributed by atoms with Crippen molar-refractivity contribution in [2.24, 2.45) is 5.73 Å². The Bertz CT molecular complexity index is 555. The van der Waals surface area contributed by atoms with E-state index in [0.717, 1.165) is 12.3 Å². The highest BCUT2D eigenvalue weighted by Crippen LogP contribution is 2.30. The summed E-state index contributed by atoms with van der Waals surface area (Å²) in [4.78, 5) is 4.06. The highest BCUT2D eigenvalue weighted by Gasteiger charge is 2.31. The Balaban J connectivity index is 0.00000162. The van der Waals surface area contributed by atoms with Gasteiger partial charge in [0, 0.05) is 6.20 Å². The van der Waals surface area contributed by atoms with E-state index in [4.69, 9.17) is 5.73 Å². The van der Waals surface area contributed by atoms with E-state index in [-0.39, 0.29) is 12.4 Å². The Labute approximate surface area is 108 Å². The molecular weight excluding hydrogens is 267 g/mol. The minimum absolute atomic E-state index is 0. The smallest absolute Gasteiger partial charge is 0.319 e. The number of rotatable bonds is 1. The van der Waals surface area contributed by atoms with Gasteiger partial charge in [-0.15, -0.1) is 12.4 Å². The predicted octanol–water partition coefficient (Wildman–Crippen LogP) is 2.97. The van der Waals surface area contributed by atoms with E-state index < -0.39 is 17.3 Å². The van der Waals surface area contributed by atoms with Crippen LogP contribution in [-0.2, 0) is 11.7 Å². The molecule has 0 aliphatic rings. The van der Waals surface area contributed by atoms with Crippen LogP contribution >= 0.6 is 12.4 Å². The van der Waals surface area contributed by atoms with Crippen molar-refractivity contribution in [1.29, 1.82) is 0 Å². The van der Waals surface area contributed by atoms with Gasteiger partial charge in [-0.1, -0.05) is 0 Å². The highest BCUT2D eigenvalue weighted by atomic mass is 35.5. The molecule has 2 rings (SSSR count). The van der Waals surface area contributed by atoms with Crippen molar-refractivity contribution >= 4 is 17.9 Å². The van der Waals surface area contributed by atoms with Crippen LogP contribution in [0.2, 0.25) is 0 Å². The molecule has 0 amide bonds. The van der Waals surface area contributed by atoms with Gasteiger partial charge < -0.3 is 10.1 Å². The van der Waals surface area contributed by atoms with E-state index in [1.54, 1.807) is 13.8 Å².